The van der Waals surface area contributed by atoms with Crippen molar-refractivity contribution in [1.82, 2.24) is 14.9 Å². The van der Waals surface area contributed by atoms with Crippen LogP contribution in [0.3, 0.4) is 0 Å². The minimum absolute atomic E-state index is 0.363. The average Bonchev–Trinajstić information content (AvgIpc) is 2.82. The number of hydrogen-bond acceptors (Lipinski definition) is 4. The lowest BCUT2D eigenvalue weighted by Gasteiger charge is -2.27. The lowest BCUT2D eigenvalue weighted by molar-refractivity contribution is 0.228. The second-order valence-corrected chi connectivity index (χ2v) is 8.50. The van der Waals surface area contributed by atoms with Crippen molar-refractivity contribution in [3.8, 4) is 11.3 Å². The van der Waals surface area contributed by atoms with E-state index < -0.39 is 0 Å². The number of hydrogen-bond donors (Lipinski definition) is 1. The summed E-state index contributed by atoms with van der Waals surface area (Å²) < 4.78 is 0. The number of benzene rings is 2. The minimum Gasteiger partial charge on any atom is -0.354 e. The molecule has 154 valence electrons. The molecule has 2 aromatic carbocycles. The Kier molecular flexibility index (Phi) is 5.76. The second-order valence-electron chi connectivity index (χ2n) is 8.50. The topological polar surface area (TPSA) is 41.1 Å². The molecule has 1 unspecified atom stereocenters. The van der Waals surface area contributed by atoms with Crippen LogP contribution >= 0.6 is 0 Å². The number of nitrogens with zero attached hydrogens (tertiary/aromatic N) is 3. The molecule has 1 saturated heterocycles. The van der Waals surface area contributed by atoms with Crippen molar-refractivity contribution < 1.29 is 0 Å². The first-order chi connectivity index (χ1) is 14.9. The van der Waals surface area contributed by atoms with Crippen LogP contribution in [-0.4, -0.2) is 41.0 Å². The van der Waals surface area contributed by atoms with Crippen molar-refractivity contribution in [2.24, 2.45) is 0 Å². The van der Waals surface area contributed by atoms with Gasteiger partial charge in [-0.3, -0.25) is 0 Å². The summed E-state index contributed by atoms with van der Waals surface area (Å²) in [6.45, 7) is 4.60. The van der Waals surface area contributed by atoms with Gasteiger partial charge in [0.1, 0.15) is 0 Å². The van der Waals surface area contributed by atoms with Gasteiger partial charge in [-0.15, -0.1) is 0 Å². The van der Waals surface area contributed by atoms with Gasteiger partial charge in [0, 0.05) is 24.2 Å². The molecule has 5 rings (SSSR count). The molecular weight excluding hydrogens is 368 g/mol. The third-order valence-corrected chi connectivity index (χ3v) is 6.46. The molecule has 1 fully saturated rings. The van der Waals surface area contributed by atoms with Gasteiger partial charge in [0.15, 0.2) is 0 Å². The molecule has 4 heteroatoms. The highest BCUT2D eigenvalue weighted by Crippen LogP contribution is 2.41. The summed E-state index contributed by atoms with van der Waals surface area (Å²) in [6, 6.07) is 19.5. The Bertz CT molecular complexity index is 979. The number of fused-ring (bicyclic) bond motifs is 3. The molecular formula is C26H30N4. The number of piperidine rings is 1. The predicted octanol–water partition coefficient (Wildman–Crippen LogP) is 5.12. The first-order valence-electron chi connectivity index (χ1n) is 11.3. The largest absolute Gasteiger partial charge is 0.354 e. The van der Waals surface area contributed by atoms with Gasteiger partial charge >= 0.3 is 0 Å². The normalized spacial score (nSPS) is 18.5. The fourth-order valence-corrected chi connectivity index (χ4v) is 4.89. The second kappa shape index (κ2) is 8.97. The van der Waals surface area contributed by atoms with E-state index in [1.54, 1.807) is 0 Å². The zero-order valence-electron chi connectivity index (χ0n) is 17.6. The van der Waals surface area contributed by atoms with E-state index in [2.05, 4.69) is 69.8 Å². The maximum atomic E-state index is 4.93. The summed E-state index contributed by atoms with van der Waals surface area (Å²) in [5, 5.41) is 3.46. The summed E-state index contributed by atoms with van der Waals surface area (Å²) in [5.74, 6) is 1.11. The SMILES string of the molecule is c1ccc(C2Cc3cnc(NCCCN4CCCCC4)nc3-c3ccccc32)cc1. The third-order valence-electron chi connectivity index (χ3n) is 6.46. The summed E-state index contributed by atoms with van der Waals surface area (Å²) in [5.41, 5.74) is 6.29. The monoisotopic (exact) mass is 398 g/mol. The van der Waals surface area contributed by atoms with Crippen LogP contribution < -0.4 is 5.32 Å². The maximum Gasteiger partial charge on any atom is 0.223 e. The van der Waals surface area contributed by atoms with E-state index in [1.807, 2.05) is 6.20 Å². The first kappa shape index (κ1) is 19.3. The van der Waals surface area contributed by atoms with Crippen LogP contribution in [0.5, 0.6) is 0 Å². The zero-order chi connectivity index (χ0) is 20.2. The number of likely N-dealkylation sites (tertiary alicyclic amines) is 1. The van der Waals surface area contributed by atoms with E-state index in [4.69, 9.17) is 4.98 Å². The molecule has 30 heavy (non-hydrogen) atoms. The van der Waals surface area contributed by atoms with E-state index in [0.717, 1.165) is 31.0 Å². The van der Waals surface area contributed by atoms with Crippen molar-refractivity contribution >= 4 is 5.95 Å². The molecule has 4 nitrogen and oxygen atoms in total. The van der Waals surface area contributed by atoms with Gasteiger partial charge in [-0.2, -0.15) is 0 Å². The van der Waals surface area contributed by atoms with Gasteiger partial charge < -0.3 is 10.2 Å². The lowest BCUT2D eigenvalue weighted by atomic mass is 9.78. The van der Waals surface area contributed by atoms with Crippen LogP contribution in [0.2, 0.25) is 0 Å². The molecule has 1 atom stereocenters. The van der Waals surface area contributed by atoms with Gasteiger partial charge in [0.25, 0.3) is 0 Å². The Morgan fingerprint density at radius 2 is 1.73 bits per heavy atom. The molecule has 2 aliphatic rings. The summed E-state index contributed by atoms with van der Waals surface area (Å²) in [6.07, 6.45) is 8.21. The number of rotatable bonds is 6. The van der Waals surface area contributed by atoms with Gasteiger partial charge in [-0.1, -0.05) is 61.0 Å². The standard InChI is InChI=1S/C26H30N4/c1-3-10-20(11-4-1)24-18-21-19-28-26(27-14-9-17-30-15-7-2-8-16-30)29-25(21)23-13-6-5-12-22(23)24/h1,3-6,10-13,19,24H,2,7-9,14-18H2,(H,27,28,29). The fourth-order valence-electron chi connectivity index (χ4n) is 4.89. The van der Waals surface area contributed by atoms with Crippen LogP contribution in [0.15, 0.2) is 60.8 Å². The molecule has 0 radical (unpaired) electrons. The molecule has 0 saturated carbocycles. The van der Waals surface area contributed by atoms with Crippen LogP contribution in [0.25, 0.3) is 11.3 Å². The Morgan fingerprint density at radius 3 is 2.60 bits per heavy atom. The highest BCUT2D eigenvalue weighted by Gasteiger charge is 2.27. The van der Waals surface area contributed by atoms with E-state index in [1.165, 1.54) is 61.2 Å². The Hall–Kier alpha value is -2.72. The average molecular weight is 399 g/mol. The molecule has 1 aromatic heterocycles. The van der Waals surface area contributed by atoms with Crippen LogP contribution in [-0.2, 0) is 6.42 Å². The molecule has 2 heterocycles. The number of nitrogens with one attached hydrogen (secondary N) is 1. The zero-order valence-corrected chi connectivity index (χ0v) is 17.6. The van der Waals surface area contributed by atoms with E-state index in [9.17, 15) is 0 Å². The molecule has 0 amide bonds. The van der Waals surface area contributed by atoms with Crippen LogP contribution in [0, 0.1) is 0 Å². The van der Waals surface area contributed by atoms with E-state index in [-0.39, 0.29) is 0 Å². The van der Waals surface area contributed by atoms with Crippen molar-refractivity contribution in [1.29, 1.82) is 0 Å². The van der Waals surface area contributed by atoms with Crippen molar-refractivity contribution in [2.45, 2.75) is 38.0 Å². The predicted molar refractivity (Wildman–Crippen MR) is 123 cm³/mol. The minimum atomic E-state index is 0.363. The van der Waals surface area contributed by atoms with Crippen LogP contribution in [0.4, 0.5) is 5.95 Å². The summed E-state index contributed by atoms with van der Waals surface area (Å²) in [7, 11) is 0. The summed E-state index contributed by atoms with van der Waals surface area (Å²) >= 11 is 0. The van der Waals surface area contributed by atoms with Crippen molar-refractivity contribution in [3.05, 3.63) is 77.5 Å². The molecule has 1 N–H and O–H groups in total. The first-order valence-corrected chi connectivity index (χ1v) is 11.3. The van der Waals surface area contributed by atoms with E-state index >= 15 is 0 Å². The fraction of sp³-hybridized carbons (Fsp3) is 0.385. The van der Waals surface area contributed by atoms with E-state index in [0.29, 0.717) is 5.92 Å². The Labute approximate surface area is 179 Å². The third kappa shape index (κ3) is 4.10. The van der Waals surface area contributed by atoms with Gasteiger partial charge in [-0.05, 0) is 62.0 Å². The molecule has 1 aliphatic carbocycles. The highest BCUT2D eigenvalue weighted by molar-refractivity contribution is 5.72. The van der Waals surface area contributed by atoms with Gasteiger partial charge in [-0.25, -0.2) is 9.97 Å². The lowest BCUT2D eigenvalue weighted by Crippen LogP contribution is -2.31. The smallest absolute Gasteiger partial charge is 0.223 e. The number of anilines is 1. The molecule has 1 aliphatic heterocycles. The Balaban J connectivity index is 1.31. The Morgan fingerprint density at radius 1 is 0.933 bits per heavy atom. The van der Waals surface area contributed by atoms with Crippen LogP contribution in [0.1, 0.15) is 48.3 Å². The van der Waals surface area contributed by atoms with Gasteiger partial charge in [0.05, 0.1) is 5.69 Å². The highest BCUT2D eigenvalue weighted by atomic mass is 15.1. The number of aromatic nitrogens is 2. The van der Waals surface area contributed by atoms with Crippen molar-refractivity contribution in [3.63, 3.8) is 0 Å². The van der Waals surface area contributed by atoms with Gasteiger partial charge in [0.2, 0.25) is 5.95 Å². The van der Waals surface area contributed by atoms with Crippen molar-refractivity contribution in [2.75, 3.05) is 31.5 Å². The summed E-state index contributed by atoms with van der Waals surface area (Å²) in [4.78, 5) is 12.2. The molecule has 0 bridgehead atoms. The quantitative estimate of drug-likeness (QED) is 0.585. The molecule has 0 spiro atoms. The molecule has 3 aromatic rings. The maximum absolute atomic E-state index is 4.93.